The summed E-state index contributed by atoms with van der Waals surface area (Å²) in [5, 5.41) is 0. The molecule has 0 rings (SSSR count). The molecule has 0 bridgehead atoms. The van der Waals surface area contributed by atoms with Gasteiger partial charge in [-0.2, -0.15) is 0 Å². The van der Waals surface area contributed by atoms with E-state index < -0.39 is 27.2 Å². The quantitative estimate of drug-likeness (QED) is 0.492. The van der Waals surface area contributed by atoms with Crippen LogP contribution in [0, 0.1) is 0 Å². The van der Waals surface area contributed by atoms with E-state index in [0.29, 0.717) is 8.49 Å². The molecule has 0 aliphatic heterocycles. The van der Waals surface area contributed by atoms with Gasteiger partial charge in [-0.25, -0.2) is 0 Å². The average molecular weight is 392 g/mol. The van der Waals surface area contributed by atoms with Crippen LogP contribution in [-0.2, 0) is 2.79 Å². The van der Waals surface area contributed by atoms with Crippen molar-refractivity contribution in [3.8, 4) is 0 Å². The van der Waals surface area contributed by atoms with E-state index in [1.54, 1.807) is 0 Å². The Morgan fingerprint density at radius 3 is 1.11 bits per heavy atom. The first-order chi connectivity index (χ1) is 8.09. The Morgan fingerprint density at radius 2 is 0.947 bits per heavy atom. The summed E-state index contributed by atoms with van der Waals surface area (Å²) in [5.74, 6) is 5.03. The van der Waals surface area contributed by atoms with Gasteiger partial charge in [0.05, 0.1) is 0 Å². The Hall–Kier alpha value is 1.05. The van der Waals surface area contributed by atoms with Crippen LogP contribution in [0.3, 0.4) is 0 Å². The first-order valence-corrected chi connectivity index (χ1v) is 18.2. The number of hydrogen-bond acceptors (Lipinski definition) is 1. The second kappa shape index (κ2) is 6.04. The first kappa shape index (κ1) is 20.0. The van der Waals surface area contributed by atoms with Crippen molar-refractivity contribution in [1.29, 1.82) is 0 Å². The van der Waals surface area contributed by atoms with E-state index in [0.717, 1.165) is 9.50 Å². The molecule has 0 heterocycles. The third-order valence-electron chi connectivity index (χ3n) is 5.58. The van der Waals surface area contributed by atoms with Crippen molar-refractivity contribution in [2.75, 3.05) is 0 Å². The molecule has 0 unspecified atom stereocenters. The molecule has 0 aromatic heterocycles. The first-order valence-electron chi connectivity index (χ1n) is 7.79. The van der Waals surface area contributed by atoms with E-state index in [-0.39, 0.29) is 0 Å². The van der Waals surface area contributed by atoms with Crippen LogP contribution in [0.4, 0.5) is 0 Å². The Labute approximate surface area is 128 Å². The minimum atomic E-state index is -2.44. The third kappa shape index (κ3) is 4.03. The molecule has 0 aromatic carbocycles. The van der Waals surface area contributed by atoms with Gasteiger partial charge >= 0.3 is 129 Å². The molecule has 0 amide bonds. The zero-order valence-electron chi connectivity index (χ0n) is 15.6. The van der Waals surface area contributed by atoms with Gasteiger partial charge in [-0.15, -0.1) is 0 Å². The maximum atomic E-state index is 7.25. The van der Waals surface area contributed by atoms with Gasteiger partial charge in [-0.1, -0.05) is 0 Å². The molecule has 0 radical (unpaired) electrons. The number of hydrogen-bond donors (Lipinski definition) is 0. The van der Waals surface area contributed by atoms with Crippen molar-refractivity contribution in [3.63, 3.8) is 0 Å². The van der Waals surface area contributed by atoms with Crippen molar-refractivity contribution >= 4 is 27.2 Å². The zero-order valence-corrected chi connectivity index (χ0v) is 19.8. The van der Waals surface area contributed by atoms with Gasteiger partial charge in [0, 0.05) is 0 Å². The molecule has 0 aliphatic rings. The molecule has 1 nitrogen and oxygen atoms in total. The van der Waals surface area contributed by atoms with Crippen LogP contribution in [-0.4, -0.2) is 27.2 Å². The van der Waals surface area contributed by atoms with E-state index in [4.69, 9.17) is 2.79 Å². The molecular formula is C16H38Ge2O. The molecule has 0 aliphatic carbocycles. The van der Waals surface area contributed by atoms with Crippen molar-refractivity contribution in [1.82, 2.24) is 0 Å². The van der Waals surface area contributed by atoms with E-state index in [2.05, 4.69) is 80.7 Å². The molecule has 0 saturated heterocycles. The fourth-order valence-corrected chi connectivity index (χ4v) is 35.8. The van der Waals surface area contributed by atoms with Crippen molar-refractivity contribution in [2.24, 2.45) is 0 Å². The Kier molecular flexibility index (Phi) is 6.37. The summed E-state index contributed by atoms with van der Waals surface area (Å²) < 4.78 is 9.37. The second-order valence-corrected chi connectivity index (χ2v) is 32.2. The van der Waals surface area contributed by atoms with Crippen LogP contribution in [0.5, 0.6) is 0 Å². The van der Waals surface area contributed by atoms with Crippen molar-refractivity contribution < 1.29 is 2.79 Å². The van der Waals surface area contributed by atoms with Gasteiger partial charge in [0.15, 0.2) is 0 Å². The van der Waals surface area contributed by atoms with Gasteiger partial charge in [0.1, 0.15) is 0 Å². The predicted molar refractivity (Wildman–Crippen MR) is 93.9 cm³/mol. The molecule has 19 heavy (non-hydrogen) atoms. The fraction of sp³-hybridized carbons (Fsp3) is 1.00. The van der Waals surface area contributed by atoms with Crippen LogP contribution in [0.15, 0.2) is 0 Å². The van der Waals surface area contributed by atoms with Gasteiger partial charge in [-0.05, 0) is 0 Å². The van der Waals surface area contributed by atoms with Gasteiger partial charge in [0.2, 0.25) is 0 Å². The normalized spacial score (nSPS) is 15.5. The van der Waals surface area contributed by atoms with Crippen LogP contribution < -0.4 is 0 Å². The Balaban J connectivity index is 5.72. The summed E-state index contributed by atoms with van der Waals surface area (Å²) in [4.78, 5) is 0. The molecule has 0 atom stereocenters. The Morgan fingerprint density at radius 1 is 0.684 bits per heavy atom. The molecule has 0 fully saturated rings. The molecule has 0 N–H and O–H groups in total. The van der Waals surface area contributed by atoms with Gasteiger partial charge in [-0.3, -0.25) is 0 Å². The summed E-state index contributed by atoms with van der Waals surface area (Å²) in [5.41, 5.74) is 0. The summed E-state index contributed by atoms with van der Waals surface area (Å²) in [6.45, 7) is 24.0. The molecule has 0 spiro atoms. The van der Waals surface area contributed by atoms with E-state index in [1.807, 2.05) is 0 Å². The number of rotatable bonds is 4. The van der Waals surface area contributed by atoms with E-state index in [9.17, 15) is 0 Å². The summed E-state index contributed by atoms with van der Waals surface area (Å²) in [6, 6.07) is 0. The van der Waals surface area contributed by atoms with Crippen molar-refractivity contribution in [2.45, 2.75) is 98.7 Å². The summed E-state index contributed by atoms with van der Waals surface area (Å²) in [7, 11) is 0. The summed E-state index contributed by atoms with van der Waals surface area (Å²) in [6.07, 6.45) is 0. The predicted octanol–water partition coefficient (Wildman–Crippen LogP) is 6.57. The molecule has 0 saturated carbocycles. The van der Waals surface area contributed by atoms with Crippen LogP contribution in [0.25, 0.3) is 0 Å². The molecule has 116 valence electrons. The van der Waals surface area contributed by atoms with E-state index >= 15 is 0 Å². The SMILES string of the molecule is C[CH](C)[Ge]([CH3])([O][Ge]([CH3])([C](C)(C)C)[C](C)(C)C)[CH](C)C. The standard InChI is InChI=1S/C16H38Ge2O/c1-13(2)17(11,14(3)4)19-18(12,15(5,6)7)16(8,9)10/h13-14H,1-12H3. The monoisotopic (exact) mass is 394 g/mol. The Bertz CT molecular complexity index is 273. The van der Waals surface area contributed by atoms with Crippen LogP contribution >= 0.6 is 0 Å². The van der Waals surface area contributed by atoms with Crippen LogP contribution in [0.1, 0.15) is 69.2 Å². The van der Waals surface area contributed by atoms with E-state index in [1.165, 1.54) is 0 Å². The fourth-order valence-electron chi connectivity index (χ4n) is 2.77. The second-order valence-electron chi connectivity index (χ2n) is 9.13. The van der Waals surface area contributed by atoms with Crippen molar-refractivity contribution in [3.05, 3.63) is 0 Å². The zero-order chi connectivity index (χ0) is 15.9. The summed E-state index contributed by atoms with van der Waals surface area (Å²) >= 11 is -4.69. The topological polar surface area (TPSA) is 9.23 Å². The van der Waals surface area contributed by atoms with Gasteiger partial charge < -0.3 is 0 Å². The molecule has 3 heteroatoms. The maximum absolute atomic E-state index is 7.25. The molecular weight excluding hydrogens is 353 g/mol. The van der Waals surface area contributed by atoms with Gasteiger partial charge in [0.25, 0.3) is 0 Å². The third-order valence-corrected chi connectivity index (χ3v) is 38.2. The van der Waals surface area contributed by atoms with Crippen LogP contribution in [0.2, 0.25) is 29.5 Å². The molecule has 0 aromatic rings. The average Bonchev–Trinajstić information content (AvgIpc) is 2.12. The minimum absolute atomic E-state index is 0.328.